The molecule has 5 heteroatoms. The first kappa shape index (κ1) is 14.9. The number of aromatic nitrogens is 3. The highest BCUT2D eigenvalue weighted by molar-refractivity contribution is 7.99. The number of hydrogen-bond acceptors (Lipinski definition) is 4. The van der Waals surface area contributed by atoms with E-state index in [0.717, 1.165) is 16.9 Å². The second-order valence-corrected chi connectivity index (χ2v) is 7.01. The highest BCUT2D eigenvalue weighted by Crippen LogP contribution is 2.37. The lowest BCUT2D eigenvalue weighted by Crippen LogP contribution is -2.18. The van der Waals surface area contributed by atoms with Gasteiger partial charge in [0, 0.05) is 11.3 Å². The van der Waals surface area contributed by atoms with E-state index in [9.17, 15) is 0 Å². The van der Waals surface area contributed by atoms with Gasteiger partial charge in [0.1, 0.15) is 5.82 Å². The van der Waals surface area contributed by atoms with Gasteiger partial charge in [0.15, 0.2) is 5.16 Å². The van der Waals surface area contributed by atoms with Gasteiger partial charge in [-0.2, -0.15) is 0 Å². The van der Waals surface area contributed by atoms with Gasteiger partial charge < -0.3 is 10.3 Å². The average molecular weight is 282 g/mol. The van der Waals surface area contributed by atoms with Crippen molar-refractivity contribution in [2.24, 2.45) is 11.7 Å². The van der Waals surface area contributed by atoms with Crippen LogP contribution in [0.3, 0.4) is 0 Å². The summed E-state index contributed by atoms with van der Waals surface area (Å²) in [6.45, 7) is 7.11. The molecule has 2 rings (SSSR count). The number of hydrogen-bond donors (Lipinski definition) is 1. The van der Waals surface area contributed by atoms with Gasteiger partial charge in [0.2, 0.25) is 0 Å². The number of thioether (sulfide) groups is 1. The number of rotatable bonds is 5. The van der Waals surface area contributed by atoms with Crippen LogP contribution in [-0.2, 0) is 6.54 Å². The molecule has 0 spiro atoms. The van der Waals surface area contributed by atoms with Gasteiger partial charge in [0.25, 0.3) is 0 Å². The van der Waals surface area contributed by atoms with E-state index in [0.29, 0.717) is 17.8 Å². The maximum atomic E-state index is 5.75. The zero-order valence-electron chi connectivity index (χ0n) is 12.3. The van der Waals surface area contributed by atoms with Gasteiger partial charge in [-0.3, -0.25) is 0 Å². The fourth-order valence-corrected chi connectivity index (χ4v) is 4.38. The maximum absolute atomic E-state index is 5.75. The Morgan fingerprint density at radius 1 is 1.37 bits per heavy atom. The monoisotopic (exact) mass is 282 g/mol. The molecule has 108 valence electrons. The first-order valence-electron chi connectivity index (χ1n) is 7.46. The molecule has 0 aliphatic heterocycles. The van der Waals surface area contributed by atoms with Crippen molar-refractivity contribution in [3.05, 3.63) is 5.82 Å². The van der Waals surface area contributed by atoms with Crippen molar-refractivity contribution < 1.29 is 0 Å². The van der Waals surface area contributed by atoms with Crippen molar-refractivity contribution >= 4 is 11.8 Å². The summed E-state index contributed by atoms with van der Waals surface area (Å²) in [7, 11) is 0. The third-order valence-corrected chi connectivity index (χ3v) is 5.27. The van der Waals surface area contributed by atoms with E-state index in [1.165, 1.54) is 32.1 Å². The zero-order valence-corrected chi connectivity index (χ0v) is 13.1. The molecule has 0 bridgehead atoms. The van der Waals surface area contributed by atoms with Gasteiger partial charge in [-0.15, -0.1) is 10.2 Å². The zero-order chi connectivity index (χ0) is 13.8. The van der Waals surface area contributed by atoms with Gasteiger partial charge in [0.05, 0.1) is 6.54 Å². The lowest BCUT2D eigenvalue weighted by Gasteiger charge is -2.28. The summed E-state index contributed by atoms with van der Waals surface area (Å²) in [5.74, 6) is 1.80. The van der Waals surface area contributed by atoms with Gasteiger partial charge in [-0.25, -0.2) is 0 Å². The minimum atomic E-state index is 0.376. The van der Waals surface area contributed by atoms with Crippen molar-refractivity contribution in [1.29, 1.82) is 0 Å². The van der Waals surface area contributed by atoms with Crippen LogP contribution in [0.2, 0.25) is 0 Å². The van der Waals surface area contributed by atoms with Crippen molar-refractivity contribution in [3.63, 3.8) is 0 Å². The summed E-state index contributed by atoms with van der Waals surface area (Å²) in [6, 6.07) is 0.376. The fraction of sp³-hybridized carbons (Fsp3) is 0.857. The summed E-state index contributed by atoms with van der Waals surface area (Å²) < 4.78 is 2.19. The predicted octanol–water partition coefficient (Wildman–Crippen LogP) is 3.38. The van der Waals surface area contributed by atoms with Crippen LogP contribution >= 0.6 is 11.8 Å². The van der Waals surface area contributed by atoms with Crippen LogP contribution in [0.5, 0.6) is 0 Å². The SMILES string of the molecule is CCC1CCCC(Sc2nnc(CN)n2C(C)C)C1. The second-order valence-electron chi connectivity index (χ2n) is 5.75. The molecule has 1 aliphatic rings. The van der Waals surface area contributed by atoms with Crippen molar-refractivity contribution in [3.8, 4) is 0 Å². The van der Waals surface area contributed by atoms with E-state index in [-0.39, 0.29) is 0 Å². The number of nitrogens with zero attached hydrogens (tertiary/aromatic N) is 3. The normalized spacial score (nSPS) is 24.1. The molecule has 1 aromatic heterocycles. The molecular formula is C14H26N4S. The summed E-state index contributed by atoms with van der Waals surface area (Å²) in [5.41, 5.74) is 5.75. The van der Waals surface area contributed by atoms with Crippen LogP contribution in [0.25, 0.3) is 0 Å². The molecule has 2 unspecified atom stereocenters. The van der Waals surface area contributed by atoms with E-state index >= 15 is 0 Å². The van der Waals surface area contributed by atoms with Crippen LogP contribution in [0.1, 0.15) is 64.7 Å². The summed E-state index contributed by atoms with van der Waals surface area (Å²) in [4.78, 5) is 0. The van der Waals surface area contributed by atoms with Gasteiger partial charge in [-0.05, 0) is 32.6 Å². The van der Waals surface area contributed by atoms with Crippen molar-refractivity contribution in [2.45, 2.75) is 75.9 Å². The Balaban J connectivity index is 2.08. The summed E-state index contributed by atoms with van der Waals surface area (Å²) in [5, 5.41) is 10.3. The van der Waals surface area contributed by atoms with Crippen LogP contribution < -0.4 is 5.73 Å². The molecule has 4 nitrogen and oxygen atoms in total. The van der Waals surface area contributed by atoms with Crippen LogP contribution in [-0.4, -0.2) is 20.0 Å². The third-order valence-electron chi connectivity index (χ3n) is 4.02. The van der Waals surface area contributed by atoms with E-state index in [2.05, 4.69) is 35.5 Å². The van der Waals surface area contributed by atoms with Crippen LogP contribution in [0.4, 0.5) is 0 Å². The predicted molar refractivity (Wildman–Crippen MR) is 80.2 cm³/mol. The Morgan fingerprint density at radius 3 is 2.79 bits per heavy atom. The highest BCUT2D eigenvalue weighted by Gasteiger charge is 2.24. The van der Waals surface area contributed by atoms with E-state index < -0.39 is 0 Å². The molecular weight excluding hydrogens is 256 g/mol. The topological polar surface area (TPSA) is 56.7 Å². The molecule has 0 saturated heterocycles. The average Bonchev–Trinajstić information content (AvgIpc) is 2.82. The minimum Gasteiger partial charge on any atom is -0.324 e. The molecule has 0 aromatic carbocycles. The van der Waals surface area contributed by atoms with Crippen molar-refractivity contribution in [2.75, 3.05) is 0 Å². The van der Waals surface area contributed by atoms with Gasteiger partial charge in [-0.1, -0.05) is 37.9 Å². The molecule has 2 atom stereocenters. The Morgan fingerprint density at radius 2 is 2.16 bits per heavy atom. The first-order valence-corrected chi connectivity index (χ1v) is 8.34. The molecule has 19 heavy (non-hydrogen) atoms. The molecule has 1 heterocycles. The smallest absolute Gasteiger partial charge is 0.191 e. The molecule has 0 radical (unpaired) electrons. The standard InChI is InChI=1S/C14H26N4S/c1-4-11-6-5-7-12(8-11)19-14-17-16-13(9-15)18(14)10(2)3/h10-12H,4-9,15H2,1-3H3. The number of nitrogens with two attached hydrogens (primary N) is 1. The Hall–Kier alpha value is -0.550. The maximum Gasteiger partial charge on any atom is 0.191 e. The molecule has 1 aliphatic carbocycles. The Kier molecular flexibility index (Phi) is 5.28. The highest BCUT2D eigenvalue weighted by atomic mass is 32.2. The molecule has 2 N–H and O–H groups in total. The molecule has 1 fully saturated rings. The van der Waals surface area contributed by atoms with E-state index in [1.807, 2.05) is 11.8 Å². The lowest BCUT2D eigenvalue weighted by atomic mass is 9.87. The molecule has 0 amide bonds. The Bertz CT molecular complexity index is 402. The summed E-state index contributed by atoms with van der Waals surface area (Å²) >= 11 is 1.91. The van der Waals surface area contributed by atoms with E-state index in [4.69, 9.17) is 5.73 Å². The quantitative estimate of drug-likeness (QED) is 0.899. The largest absolute Gasteiger partial charge is 0.324 e. The van der Waals surface area contributed by atoms with Crippen LogP contribution in [0.15, 0.2) is 5.16 Å². The summed E-state index contributed by atoms with van der Waals surface area (Å²) in [6.07, 6.45) is 6.70. The van der Waals surface area contributed by atoms with Gasteiger partial charge >= 0.3 is 0 Å². The molecule has 1 saturated carbocycles. The molecule has 1 aromatic rings. The Labute approximate surface area is 120 Å². The van der Waals surface area contributed by atoms with Crippen molar-refractivity contribution in [1.82, 2.24) is 14.8 Å². The van der Waals surface area contributed by atoms with E-state index in [1.54, 1.807) is 0 Å². The second kappa shape index (κ2) is 6.75. The first-order chi connectivity index (χ1) is 9.15. The lowest BCUT2D eigenvalue weighted by molar-refractivity contribution is 0.356. The minimum absolute atomic E-state index is 0.376. The van der Waals surface area contributed by atoms with Crippen LogP contribution in [0, 0.1) is 5.92 Å². The fourth-order valence-electron chi connectivity index (χ4n) is 2.91. The third kappa shape index (κ3) is 3.51.